The van der Waals surface area contributed by atoms with Gasteiger partial charge >= 0.3 is 0 Å². The number of hydrogen-bond acceptors (Lipinski definition) is 0. The fraction of sp³-hybridized carbons (Fsp3) is 0.200. The van der Waals surface area contributed by atoms with Crippen LogP contribution < -0.4 is 0 Å². The molecule has 0 spiro atoms. The number of benzene rings is 4. The van der Waals surface area contributed by atoms with Crippen LogP contribution in [0.25, 0.3) is 22.3 Å². The molecule has 32 heavy (non-hydrogen) atoms. The van der Waals surface area contributed by atoms with Crippen molar-refractivity contribution in [3.05, 3.63) is 121 Å². The van der Waals surface area contributed by atoms with Gasteiger partial charge in [-0.3, -0.25) is 0 Å². The summed E-state index contributed by atoms with van der Waals surface area (Å²) in [6.45, 7) is 12.0. The van der Waals surface area contributed by atoms with Crippen molar-refractivity contribution in [2.75, 3.05) is 0 Å². The van der Waals surface area contributed by atoms with Gasteiger partial charge in [-0.05, 0) is 0 Å². The molecule has 0 saturated carbocycles. The maximum absolute atomic E-state index is 3.15. The molecule has 0 fully saturated rings. The summed E-state index contributed by atoms with van der Waals surface area (Å²) in [6.07, 6.45) is 0. The van der Waals surface area contributed by atoms with Crippen LogP contribution in [0.2, 0.25) is 0 Å². The third-order valence-electron chi connectivity index (χ3n) is 3.42. The Kier molecular flexibility index (Phi) is 29.4. The van der Waals surface area contributed by atoms with Crippen LogP contribution in [-0.2, 0) is 65.4 Å². The van der Waals surface area contributed by atoms with E-state index in [0.29, 0.717) is 0 Å². The van der Waals surface area contributed by atoms with Crippen molar-refractivity contribution in [1.82, 2.24) is 0 Å². The molecule has 4 aromatic rings. The summed E-state index contributed by atoms with van der Waals surface area (Å²) in [4.78, 5) is 0. The van der Waals surface area contributed by atoms with Gasteiger partial charge in [-0.25, -0.2) is 22.3 Å². The van der Waals surface area contributed by atoms with Crippen molar-refractivity contribution < 1.29 is 65.4 Å². The molecule has 4 aromatic carbocycles. The molecule has 0 aliphatic carbocycles. The van der Waals surface area contributed by atoms with E-state index in [1.54, 1.807) is 0 Å². The SMILES string of the molecule is CC.CC.CC.[Y].[Y].[c-]1ccccc1-c1[c-]cccc1.[c-]1ccccc1-c1[c-]cccc1. The van der Waals surface area contributed by atoms with Gasteiger partial charge in [0.15, 0.2) is 0 Å². The van der Waals surface area contributed by atoms with Crippen LogP contribution in [0.15, 0.2) is 97.1 Å². The summed E-state index contributed by atoms with van der Waals surface area (Å²) in [5.74, 6) is 0. The zero-order valence-corrected chi connectivity index (χ0v) is 26.1. The Hall–Kier alpha value is -0.912. The van der Waals surface area contributed by atoms with Crippen molar-refractivity contribution in [2.24, 2.45) is 0 Å². The second-order valence-corrected chi connectivity index (χ2v) is 5.10. The second-order valence-electron chi connectivity index (χ2n) is 5.10. The monoisotopic (exact) mass is 572 g/mol. The first-order valence-electron chi connectivity index (χ1n) is 10.8. The summed E-state index contributed by atoms with van der Waals surface area (Å²) < 4.78 is 0. The molecular formula is C30H34Y2-4. The fourth-order valence-corrected chi connectivity index (χ4v) is 2.24. The van der Waals surface area contributed by atoms with E-state index in [1.807, 2.05) is 139 Å². The molecule has 0 unspecified atom stereocenters. The van der Waals surface area contributed by atoms with Gasteiger partial charge in [0.05, 0.1) is 0 Å². The van der Waals surface area contributed by atoms with Crippen molar-refractivity contribution >= 4 is 0 Å². The minimum absolute atomic E-state index is 0. The molecule has 0 bridgehead atoms. The average Bonchev–Trinajstić information content (AvgIpc) is 2.90. The van der Waals surface area contributed by atoms with Gasteiger partial charge in [0.1, 0.15) is 0 Å². The van der Waals surface area contributed by atoms with Crippen LogP contribution in [0.1, 0.15) is 41.5 Å². The molecular weight excluding hydrogens is 538 g/mol. The zero-order valence-electron chi connectivity index (χ0n) is 20.4. The van der Waals surface area contributed by atoms with Crippen molar-refractivity contribution in [3.8, 4) is 22.3 Å². The quantitative estimate of drug-likeness (QED) is 0.211. The van der Waals surface area contributed by atoms with Gasteiger partial charge < -0.3 is 0 Å². The topological polar surface area (TPSA) is 0 Å². The summed E-state index contributed by atoms with van der Waals surface area (Å²) in [5, 5.41) is 0. The Morgan fingerprint density at radius 2 is 0.531 bits per heavy atom. The summed E-state index contributed by atoms with van der Waals surface area (Å²) in [6, 6.07) is 44.3. The normalized spacial score (nSPS) is 7.81. The third kappa shape index (κ3) is 15.0. The van der Waals surface area contributed by atoms with Crippen LogP contribution in [-0.4, -0.2) is 0 Å². The molecule has 0 aromatic heterocycles. The maximum atomic E-state index is 3.15. The molecule has 0 amide bonds. The largest absolute Gasteiger partial charge is 0.226 e. The van der Waals surface area contributed by atoms with Crippen LogP contribution in [0.3, 0.4) is 0 Å². The van der Waals surface area contributed by atoms with Crippen LogP contribution in [0.5, 0.6) is 0 Å². The number of rotatable bonds is 2. The summed E-state index contributed by atoms with van der Waals surface area (Å²) in [7, 11) is 0. The van der Waals surface area contributed by atoms with Crippen molar-refractivity contribution in [2.45, 2.75) is 41.5 Å². The Balaban J connectivity index is -0.000000406. The molecule has 2 radical (unpaired) electrons. The summed E-state index contributed by atoms with van der Waals surface area (Å²) in [5.41, 5.74) is 4.38. The Bertz CT molecular complexity index is 681. The molecule has 164 valence electrons. The van der Waals surface area contributed by atoms with E-state index in [4.69, 9.17) is 0 Å². The molecule has 0 nitrogen and oxygen atoms in total. The predicted octanol–water partition coefficient (Wildman–Crippen LogP) is 8.98. The Labute approximate surface area is 248 Å². The van der Waals surface area contributed by atoms with Gasteiger partial charge in [-0.1, -0.05) is 41.5 Å². The molecule has 0 heterocycles. The van der Waals surface area contributed by atoms with Gasteiger partial charge in [0.25, 0.3) is 0 Å². The first kappa shape index (κ1) is 35.7. The van der Waals surface area contributed by atoms with Crippen molar-refractivity contribution in [1.29, 1.82) is 0 Å². The molecule has 0 N–H and O–H groups in total. The van der Waals surface area contributed by atoms with E-state index in [1.165, 1.54) is 0 Å². The van der Waals surface area contributed by atoms with E-state index in [2.05, 4.69) is 24.3 Å². The van der Waals surface area contributed by atoms with Gasteiger partial charge in [0.2, 0.25) is 0 Å². The second kappa shape index (κ2) is 26.3. The molecule has 0 saturated heterocycles. The standard InChI is InChI=1S/2C12H8.3C2H6.2Y/c2*1-3-7-11(8-4-1)12-9-5-2-6-10-12;3*1-2;;/h2*1-7,9H;3*1-2H3;;/q2*-2;;;;;. The minimum Gasteiger partial charge on any atom is -0.226 e. The predicted molar refractivity (Wildman–Crippen MR) is 133 cm³/mol. The third-order valence-corrected chi connectivity index (χ3v) is 3.42. The maximum Gasteiger partial charge on any atom is 0 e. The van der Waals surface area contributed by atoms with Gasteiger partial charge in [0, 0.05) is 65.4 Å². The van der Waals surface area contributed by atoms with E-state index in [-0.39, 0.29) is 65.4 Å². The summed E-state index contributed by atoms with van der Waals surface area (Å²) >= 11 is 0. The van der Waals surface area contributed by atoms with E-state index < -0.39 is 0 Å². The number of hydrogen-bond donors (Lipinski definition) is 0. The molecule has 0 atom stereocenters. The van der Waals surface area contributed by atoms with E-state index in [9.17, 15) is 0 Å². The fourth-order valence-electron chi connectivity index (χ4n) is 2.24. The van der Waals surface area contributed by atoms with E-state index >= 15 is 0 Å². The molecule has 0 aliphatic heterocycles. The Morgan fingerprint density at radius 1 is 0.344 bits per heavy atom. The van der Waals surface area contributed by atoms with Crippen molar-refractivity contribution in [3.63, 3.8) is 0 Å². The smallest absolute Gasteiger partial charge is 0 e. The van der Waals surface area contributed by atoms with E-state index in [0.717, 1.165) is 22.3 Å². The van der Waals surface area contributed by atoms with Gasteiger partial charge in [-0.15, -0.1) is 24.3 Å². The molecule has 4 rings (SSSR count). The average molecular weight is 572 g/mol. The van der Waals surface area contributed by atoms with Crippen LogP contribution in [0, 0.1) is 24.3 Å². The van der Waals surface area contributed by atoms with Crippen LogP contribution >= 0.6 is 0 Å². The zero-order chi connectivity index (χ0) is 22.5. The Morgan fingerprint density at radius 3 is 0.656 bits per heavy atom. The van der Waals surface area contributed by atoms with Crippen LogP contribution in [0.4, 0.5) is 0 Å². The first-order chi connectivity index (χ1) is 14.9. The van der Waals surface area contributed by atoms with Gasteiger partial charge in [-0.2, -0.15) is 97.1 Å². The minimum atomic E-state index is 0. The molecule has 2 heteroatoms. The molecule has 0 aliphatic rings. The first-order valence-corrected chi connectivity index (χ1v) is 10.8.